The van der Waals surface area contributed by atoms with Crippen molar-refractivity contribution in [3.05, 3.63) is 12.2 Å². The summed E-state index contributed by atoms with van der Waals surface area (Å²) in [5, 5.41) is 2.37. The number of amides is 3. The second kappa shape index (κ2) is 7.98. The van der Waals surface area contributed by atoms with Gasteiger partial charge < -0.3 is 10.2 Å². The number of fused-ring (bicyclic) bond motifs is 2. The zero-order chi connectivity index (χ0) is 21.5. The number of nitrogens with zero attached hydrogens (tertiary/aromatic N) is 1. The lowest BCUT2D eigenvalue weighted by Gasteiger charge is -2.27. The fourth-order valence-electron chi connectivity index (χ4n) is 4.81. The van der Waals surface area contributed by atoms with Gasteiger partial charge in [-0.1, -0.05) is 18.6 Å². The minimum Gasteiger partial charge on any atom is -0.346 e. The summed E-state index contributed by atoms with van der Waals surface area (Å²) in [7, 11) is -1.91. The smallest absolute Gasteiger partial charge is 0.259 e. The fourth-order valence-corrected chi connectivity index (χ4v) is 6.17. The van der Waals surface area contributed by atoms with Crippen LogP contribution in [0.2, 0.25) is 0 Å². The van der Waals surface area contributed by atoms with E-state index in [0.29, 0.717) is 38.6 Å². The molecule has 1 aliphatic heterocycles. The van der Waals surface area contributed by atoms with E-state index in [9.17, 15) is 22.8 Å². The van der Waals surface area contributed by atoms with Gasteiger partial charge in [-0.3, -0.25) is 19.1 Å². The third-order valence-corrected chi connectivity index (χ3v) is 8.81. The van der Waals surface area contributed by atoms with Crippen molar-refractivity contribution in [2.45, 2.75) is 68.6 Å². The number of nitrogens with one attached hydrogen (secondary N) is 2. The predicted octanol–water partition coefficient (Wildman–Crippen LogP) is 1.08. The maximum Gasteiger partial charge on any atom is 0.259 e. The van der Waals surface area contributed by atoms with E-state index in [2.05, 4.69) is 10.0 Å². The molecular weight excluding hydrogens is 406 g/mol. The predicted molar refractivity (Wildman–Crippen MR) is 111 cm³/mol. The van der Waals surface area contributed by atoms with Crippen molar-refractivity contribution in [1.29, 1.82) is 0 Å². The van der Waals surface area contributed by atoms with E-state index < -0.39 is 32.6 Å². The summed E-state index contributed by atoms with van der Waals surface area (Å²) >= 11 is 0. The van der Waals surface area contributed by atoms with E-state index in [4.69, 9.17) is 0 Å². The Morgan fingerprint density at radius 1 is 1.13 bits per heavy atom. The van der Waals surface area contributed by atoms with Crippen LogP contribution in [-0.2, 0) is 24.4 Å². The summed E-state index contributed by atoms with van der Waals surface area (Å²) in [6.45, 7) is 0.673. The van der Waals surface area contributed by atoms with Crippen LogP contribution in [-0.4, -0.2) is 55.4 Å². The van der Waals surface area contributed by atoms with Crippen molar-refractivity contribution in [2.75, 3.05) is 13.6 Å². The van der Waals surface area contributed by atoms with Crippen molar-refractivity contribution < 1.29 is 22.8 Å². The van der Waals surface area contributed by atoms with Gasteiger partial charge in [-0.25, -0.2) is 8.42 Å². The average Bonchev–Trinajstić information content (AvgIpc) is 3.60. The van der Waals surface area contributed by atoms with Crippen molar-refractivity contribution in [1.82, 2.24) is 14.9 Å². The first-order valence-corrected chi connectivity index (χ1v) is 12.6. The van der Waals surface area contributed by atoms with Crippen LogP contribution >= 0.6 is 0 Å². The number of carbonyl (C=O) groups is 3. The molecule has 3 fully saturated rings. The van der Waals surface area contributed by atoms with E-state index in [1.54, 1.807) is 11.9 Å². The Kier molecular flexibility index (Phi) is 5.67. The molecule has 0 saturated heterocycles. The SMILES string of the molecule is CN1CCCCC=CC2C[C@@]2(C(=O)NS(=O)(=O)C2CC2)NC(=O)[C@@H]2CCCC2C1=O. The van der Waals surface area contributed by atoms with Gasteiger partial charge in [0.05, 0.1) is 5.25 Å². The Morgan fingerprint density at radius 2 is 1.87 bits per heavy atom. The van der Waals surface area contributed by atoms with Gasteiger partial charge in [-0.2, -0.15) is 0 Å². The Hall–Kier alpha value is -1.90. The minimum absolute atomic E-state index is 0.0117. The number of sulfonamides is 1. The Morgan fingerprint density at radius 3 is 2.60 bits per heavy atom. The molecule has 2 N–H and O–H groups in total. The monoisotopic (exact) mass is 437 g/mol. The number of carbonyl (C=O) groups excluding carboxylic acids is 3. The number of hydrogen-bond acceptors (Lipinski definition) is 5. The molecule has 3 saturated carbocycles. The van der Waals surface area contributed by atoms with Crippen LogP contribution in [0.4, 0.5) is 0 Å². The molecule has 166 valence electrons. The quantitative estimate of drug-likeness (QED) is 0.642. The maximum absolute atomic E-state index is 13.1. The van der Waals surface area contributed by atoms with E-state index >= 15 is 0 Å². The first-order valence-electron chi connectivity index (χ1n) is 11.0. The first-order chi connectivity index (χ1) is 14.2. The summed E-state index contributed by atoms with van der Waals surface area (Å²) in [4.78, 5) is 40.7. The van der Waals surface area contributed by atoms with E-state index in [0.717, 1.165) is 25.7 Å². The summed E-state index contributed by atoms with van der Waals surface area (Å²) in [6.07, 6.45) is 10.1. The maximum atomic E-state index is 13.1. The highest BCUT2D eigenvalue weighted by atomic mass is 32.2. The lowest BCUT2D eigenvalue weighted by Crippen LogP contribution is -2.54. The van der Waals surface area contributed by atoms with Crippen LogP contribution in [0, 0.1) is 17.8 Å². The van der Waals surface area contributed by atoms with Gasteiger partial charge in [-0.15, -0.1) is 0 Å². The molecule has 4 rings (SSSR count). The second-order valence-corrected chi connectivity index (χ2v) is 11.2. The number of hydrogen-bond donors (Lipinski definition) is 2. The standard InChI is InChI=1S/C21H31N3O5S/c1-24-12-5-3-2-4-7-14-13-21(14,20(27)23-30(28,29)15-10-11-15)22-18(25)16-8-6-9-17(16)19(24)26/h4,7,14-17H,2-3,5-6,8-13H2,1H3,(H,22,25)(H,23,27)/t14?,16-,17?,21-/m1/s1. The van der Waals surface area contributed by atoms with Gasteiger partial charge in [0.1, 0.15) is 5.54 Å². The molecule has 4 atom stereocenters. The average molecular weight is 438 g/mol. The molecule has 0 aromatic heterocycles. The van der Waals surface area contributed by atoms with Gasteiger partial charge in [0.2, 0.25) is 21.8 Å². The number of rotatable bonds is 3. The third kappa shape index (κ3) is 4.13. The highest BCUT2D eigenvalue weighted by Crippen LogP contribution is 2.46. The van der Waals surface area contributed by atoms with Crippen molar-refractivity contribution in [3.8, 4) is 0 Å². The van der Waals surface area contributed by atoms with Crippen molar-refractivity contribution >= 4 is 27.7 Å². The summed E-state index contributed by atoms with van der Waals surface area (Å²) in [5.74, 6) is -2.05. The number of allylic oxidation sites excluding steroid dienone is 1. The van der Waals surface area contributed by atoms with Crippen LogP contribution in [0.3, 0.4) is 0 Å². The Balaban J connectivity index is 1.57. The highest BCUT2D eigenvalue weighted by Gasteiger charge is 2.61. The third-order valence-electron chi connectivity index (χ3n) is 6.99. The van der Waals surface area contributed by atoms with Gasteiger partial charge in [0.15, 0.2) is 0 Å². The van der Waals surface area contributed by atoms with E-state index in [1.807, 2.05) is 12.2 Å². The van der Waals surface area contributed by atoms with Crippen LogP contribution in [0.1, 0.15) is 57.8 Å². The molecule has 4 aliphatic rings. The van der Waals surface area contributed by atoms with Crippen LogP contribution in [0.15, 0.2) is 12.2 Å². The zero-order valence-electron chi connectivity index (χ0n) is 17.4. The fraction of sp³-hybridized carbons (Fsp3) is 0.762. The normalized spacial score (nSPS) is 35.1. The summed E-state index contributed by atoms with van der Waals surface area (Å²) in [6, 6.07) is 0. The first kappa shape index (κ1) is 21.3. The zero-order valence-corrected chi connectivity index (χ0v) is 18.2. The van der Waals surface area contributed by atoms with Crippen molar-refractivity contribution in [3.63, 3.8) is 0 Å². The molecule has 30 heavy (non-hydrogen) atoms. The molecule has 0 radical (unpaired) electrons. The van der Waals surface area contributed by atoms with Gasteiger partial charge in [0, 0.05) is 31.3 Å². The minimum atomic E-state index is -3.69. The topological polar surface area (TPSA) is 113 Å². The molecule has 0 spiro atoms. The molecule has 1 heterocycles. The Labute approximate surface area is 177 Å². The molecule has 8 nitrogen and oxygen atoms in total. The summed E-state index contributed by atoms with van der Waals surface area (Å²) in [5.41, 5.74) is -1.23. The molecule has 0 aromatic rings. The molecular formula is C21H31N3O5S. The van der Waals surface area contributed by atoms with Gasteiger partial charge in [-0.05, 0) is 51.4 Å². The van der Waals surface area contributed by atoms with E-state index in [1.165, 1.54) is 0 Å². The lowest BCUT2D eigenvalue weighted by molar-refractivity contribution is -0.140. The van der Waals surface area contributed by atoms with E-state index in [-0.39, 0.29) is 23.7 Å². The molecule has 0 bridgehead atoms. The molecule has 2 unspecified atom stereocenters. The van der Waals surface area contributed by atoms with Crippen LogP contribution in [0.25, 0.3) is 0 Å². The summed E-state index contributed by atoms with van der Waals surface area (Å²) < 4.78 is 26.8. The lowest BCUT2D eigenvalue weighted by atomic mass is 9.93. The molecule has 3 amide bonds. The van der Waals surface area contributed by atoms with Gasteiger partial charge in [0.25, 0.3) is 5.91 Å². The second-order valence-electron chi connectivity index (χ2n) is 9.27. The molecule has 9 heteroatoms. The van der Waals surface area contributed by atoms with Crippen molar-refractivity contribution in [2.24, 2.45) is 17.8 Å². The molecule has 0 aromatic carbocycles. The highest BCUT2D eigenvalue weighted by molar-refractivity contribution is 7.91. The van der Waals surface area contributed by atoms with Crippen LogP contribution < -0.4 is 10.0 Å². The van der Waals surface area contributed by atoms with Gasteiger partial charge >= 0.3 is 0 Å². The largest absolute Gasteiger partial charge is 0.346 e. The molecule has 3 aliphatic carbocycles. The Bertz CT molecular complexity index is 866. The van der Waals surface area contributed by atoms with Crippen LogP contribution in [0.5, 0.6) is 0 Å².